The zero-order chi connectivity index (χ0) is 17.3. The van der Waals surface area contributed by atoms with Crippen molar-refractivity contribution in [3.05, 3.63) is 46.0 Å². The number of aromatic hydroxyl groups is 1. The van der Waals surface area contributed by atoms with Crippen molar-refractivity contribution in [3.63, 3.8) is 0 Å². The van der Waals surface area contributed by atoms with E-state index in [1.165, 1.54) is 24.3 Å². The van der Waals surface area contributed by atoms with Crippen LogP contribution in [0.4, 0.5) is 5.13 Å². The number of allylic oxidation sites excluding steroid dienone is 1. The number of benzene rings is 1. The summed E-state index contributed by atoms with van der Waals surface area (Å²) in [6.07, 6.45) is 3.13. The van der Waals surface area contributed by atoms with Crippen LogP contribution in [0.2, 0.25) is 0 Å². The van der Waals surface area contributed by atoms with Gasteiger partial charge in [0.25, 0.3) is 0 Å². The standard InChI is InChI=1S/C18H18N2O3S/c1-3-20(11(2)21)18-19-14(10-24-18)8-13-5-4-12-9-15(22)6-7-16(12)17(13)23/h6-10,22H,3-5H2,1-2H3/b13-8+. The van der Waals surface area contributed by atoms with Gasteiger partial charge in [-0.2, -0.15) is 0 Å². The number of amides is 1. The molecule has 24 heavy (non-hydrogen) atoms. The summed E-state index contributed by atoms with van der Waals surface area (Å²) >= 11 is 1.39. The fourth-order valence-electron chi connectivity index (χ4n) is 2.84. The molecular formula is C18H18N2O3S. The number of carbonyl (C=O) groups excluding carboxylic acids is 2. The quantitative estimate of drug-likeness (QED) is 0.868. The zero-order valence-corrected chi connectivity index (χ0v) is 14.4. The molecule has 1 aliphatic carbocycles. The summed E-state index contributed by atoms with van der Waals surface area (Å²) < 4.78 is 0. The van der Waals surface area contributed by atoms with Gasteiger partial charge >= 0.3 is 0 Å². The molecule has 0 atom stereocenters. The minimum Gasteiger partial charge on any atom is -0.508 e. The lowest BCUT2D eigenvalue weighted by molar-refractivity contribution is -0.116. The Morgan fingerprint density at radius 3 is 2.92 bits per heavy atom. The van der Waals surface area contributed by atoms with Crippen molar-refractivity contribution >= 4 is 34.2 Å². The number of aryl methyl sites for hydroxylation is 1. The van der Waals surface area contributed by atoms with E-state index >= 15 is 0 Å². The Bertz CT molecular complexity index is 839. The van der Waals surface area contributed by atoms with Gasteiger partial charge in [-0.05, 0) is 49.6 Å². The van der Waals surface area contributed by atoms with Crippen molar-refractivity contribution in [2.75, 3.05) is 11.4 Å². The average molecular weight is 342 g/mol. The molecule has 0 saturated heterocycles. The van der Waals surface area contributed by atoms with Gasteiger partial charge in [-0.3, -0.25) is 14.5 Å². The lowest BCUT2D eigenvalue weighted by atomic mass is 9.86. The molecule has 6 heteroatoms. The minimum absolute atomic E-state index is 0.0234. The average Bonchev–Trinajstić information content (AvgIpc) is 2.98. The molecule has 124 valence electrons. The highest BCUT2D eigenvalue weighted by Crippen LogP contribution is 2.30. The summed E-state index contributed by atoms with van der Waals surface area (Å²) in [5.41, 5.74) is 2.92. The Morgan fingerprint density at radius 1 is 1.42 bits per heavy atom. The van der Waals surface area contributed by atoms with E-state index in [2.05, 4.69) is 4.98 Å². The monoisotopic (exact) mass is 342 g/mol. The third-order valence-corrected chi connectivity index (χ3v) is 4.93. The molecule has 0 spiro atoms. The third kappa shape index (κ3) is 3.10. The first kappa shape index (κ1) is 16.4. The molecule has 0 radical (unpaired) electrons. The van der Waals surface area contributed by atoms with Crippen LogP contribution in [0.15, 0.2) is 29.2 Å². The topological polar surface area (TPSA) is 70.5 Å². The van der Waals surface area contributed by atoms with Crippen molar-refractivity contribution in [1.82, 2.24) is 4.98 Å². The summed E-state index contributed by atoms with van der Waals surface area (Å²) in [6, 6.07) is 4.85. The number of rotatable bonds is 3. The Labute approximate surface area is 144 Å². The van der Waals surface area contributed by atoms with Crippen LogP contribution < -0.4 is 4.90 Å². The second-order valence-corrected chi connectivity index (χ2v) is 6.49. The largest absolute Gasteiger partial charge is 0.508 e. The summed E-state index contributed by atoms with van der Waals surface area (Å²) in [4.78, 5) is 30.3. The first-order valence-corrected chi connectivity index (χ1v) is 8.68. The molecular weight excluding hydrogens is 324 g/mol. The van der Waals surface area contributed by atoms with Crippen LogP contribution in [0.1, 0.15) is 41.9 Å². The highest BCUT2D eigenvalue weighted by molar-refractivity contribution is 7.14. The lowest BCUT2D eigenvalue weighted by Gasteiger charge is -2.17. The molecule has 3 rings (SSSR count). The molecule has 1 aromatic heterocycles. The normalized spacial score (nSPS) is 15.4. The third-order valence-electron chi connectivity index (χ3n) is 4.05. The van der Waals surface area contributed by atoms with E-state index in [-0.39, 0.29) is 17.4 Å². The number of hydrogen-bond donors (Lipinski definition) is 1. The maximum Gasteiger partial charge on any atom is 0.225 e. The predicted molar refractivity (Wildman–Crippen MR) is 94.6 cm³/mol. The smallest absolute Gasteiger partial charge is 0.225 e. The predicted octanol–water partition coefficient (Wildman–Crippen LogP) is 3.43. The number of hydrogen-bond acceptors (Lipinski definition) is 5. The van der Waals surface area contributed by atoms with Crippen LogP contribution in [0.5, 0.6) is 5.75 Å². The maximum absolute atomic E-state index is 12.6. The number of ketones is 1. The van der Waals surface area contributed by atoms with Gasteiger partial charge in [0.2, 0.25) is 5.91 Å². The maximum atomic E-state index is 12.6. The van der Waals surface area contributed by atoms with E-state index in [1.54, 1.807) is 23.1 Å². The van der Waals surface area contributed by atoms with Gasteiger partial charge in [-0.15, -0.1) is 11.3 Å². The molecule has 0 fully saturated rings. The van der Waals surface area contributed by atoms with Crippen molar-refractivity contribution in [2.24, 2.45) is 0 Å². The van der Waals surface area contributed by atoms with Gasteiger partial charge in [0.1, 0.15) is 5.75 Å². The molecule has 0 aliphatic heterocycles. The summed E-state index contributed by atoms with van der Waals surface area (Å²) in [7, 11) is 0. The number of fused-ring (bicyclic) bond motifs is 1. The van der Waals surface area contributed by atoms with E-state index in [1.807, 2.05) is 12.3 Å². The number of phenolic OH excluding ortho intramolecular Hbond substituents is 1. The van der Waals surface area contributed by atoms with Crippen LogP contribution in [-0.2, 0) is 11.2 Å². The number of thiazole rings is 1. The lowest BCUT2D eigenvalue weighted by Crippen LogP contribution is -2.27. The van der Waals surface area contributed by atoms with Crippen LogP contribution in [-0.4, -0.2) is 28.3 Å². The van der Waals surface area contributed by atoms with Crippen LogP contribution >= 0.6 is 11.3 Å². The molecule has 2 aromatic rings. The van der Waals surface area contributed by atoms with Gasteiger partial charge < -0.3 is 5.11 Å². The number of phenols is 1. The van der Waals surface area contributed by atoms with Gasteiger partial charge in [-0.25, -0.2) is 4.98 Å². The molecule has 1 aromatic carbocycles. The Morgan fingerprint density at radius 2 is 2.21 bits per heavy atom. The molecule has 0 unspecified atom stereocenters. The number of anilines is 1. The first-order chi connectivity index (χ1) is 11.5. The summed E-state index contributed by atoms with van der Waals surface area (Å²) in [6.45, 7) is 3.98. The molecule has 0 saturated carbocycles. The van der Waals surface area contributed by atoms with Crippen molar-refractivity contribution in [1.29, 1.82) is 0 Å². The SMILES string of the molecule is CCN(C(C)=O)c1nc(/C=C2\CCc3cc(O)ccc3C2=O)cs1. The van der Waals surface area contributed by atoms with E-state index in [4.69, 9.17) is 0 Å². The van der Waals surface area contributed by atoms with Crippen LogP contribution in [0.3, 0.4) is 0 Å². The molecule has 1 aliphatic rings. The van der Waals surface area contributed by atoms with Gasteiger partial charge in [0.05, 0.1) is 5.69 Å². The van der Waals surface area contributed by atoms with Gasteiger partial charge in [0, 0.05) is 30.0 Å². The number of Topliss-reactive ketones (excluding diaryl/α,β-unsaturated/α-hetero) is 1. The number of nitrogens with zero attached hydrogens (tertiary/aromatic N) is 2. The minimum atomic E-state index is -0.0477. The van der Waals surface area contributed by atoms with Crippen molar-refractivity contribution < 1.29 is 14.7 Å². The number of carbonyl (C=O) groups is 2. The molecule has 1 heterocycles. The van der Waals surface area contributed by atoms with Gasteiger partial charge in [-0.1, -0.05) is 0 Å². The zero-order valence-electron chi connectivity index (χ0n) is 13.6. The molecule has 1 N–H and O–H groups in total. The fraction of sp³-hybridized carbons (Fsp3) is 0.278. The Kier molecular flexibility index (Phi) is 4.49. The Hall–Kier alpha value is -2.47. The second-order valence-electron chi connectivity index (χ2n) is 5.66. The highest BCUT2D eigenvalue weighted by Gasteiger charge is 2.22. The van der Waals surface area contributed by atoms with Gasteiger partial charge in [0.15, 0.2) is 10.9 Å². The first-order valence-electron chi connectivity index (χ1n) is 7.80. The molecule has 0 bridgehead atoms. The number of aromatic nitrogens is 1. The fourth-order valence-corrected chi connectivity index (χ4v) is 3.73. The van der Waals surface area contributed by atoms with E-state index in [9.17, 15) is 14.7 Å². The van der Waals surface area contributed by atoms with E-state index in [0.29, 0.717) is 41.3 Å². The van der Waals surface area contributed by atoms with Crippen LogP contribution in [0.25, 0.3) is 6.08 Å². The summed E-state index contributed by atoms with van der Waals surface area (Å²) in [5.74, 6) is 0.111. The van der Waals surface area contributed by atoms with Crippen LogP contribution in [0, 0.1) is 0 Å². The summed E-state index contributed by atoms with van der Waals surface area (Å²) in [5, 5.41) is 12.0. The van der Waals surface area contributed by atoms with Crippen molar-refractivity contribution in [3.8, 4) is 5.75 Å². The second kappa shape index (κ2) is 6.57. The molecule has 1 amide bonds. The van der Waals surface area contributed by atoms with E-state index in [0.717, 1.165) is 5.56 Å². The van der Waals surface area contributed by atoms with Crippen molar-refractivity contribution in [2.45, 2.75) is 26.7 Å². The van der Waals surface area contributed by atoms with E-state index < -0.39 is 0 Å². The molecule has 5 nitrogen and oxygen atoms in total. The Balaban J connectivity index is 1.88. The highest BCUT2D eigenvalue weighted by atomic mass is 32.1.